The molecule has 1 N–H and O–H groups in total. The Labute approximate surface area is 254 Å². The van der Waals surface area contributed by atoms with E-state index in [9.17, 15) is 14.7 Å². The number of rotatable bonds is 11. The Morgan fingerprint density at radius 1 is 0.795 bits per heavy atom. The molecule has 1 saturated carbocycles. The number of aryl methyl sites for hydroxylation is 1. The van der Waals surface area contributed by atoms with Crippen LogP contribution in [-0.4, -0.2) is 50.4 Å². The largest absolute Gasteiger partial charge is 0.387 e. The summed E-state index contributed by atoms with van der Waals surface area (Å²) in [4.78, 5) is 26.9. The second kappa shape index (κ2) is 11.9. The maximum Gasteiger partial charge on any atom is 0.335 e. The Bertz CT molecular complexity index is 1710. The van der Waals surface area contributed by atoms with Crippen LogP contribution in [0.2, 0.25) is 0 Å². The topological polar surface area (TPSA) is 110 Å². The van der Waals surface area contributed by atoms with Gasteiger partial charge in [0.1, 0.15) is 37.3 Å². The van der Waals surface area contributed by atoms with E-state index in [-0.39, 0.29) is 26.6 Å². The van der Waals surface area contributed by atoms with Crippen LogP contribution in [0.5, 0.6) is 0 Å². The third kappa shape index (κ3) is 4.93. The smallest absolute Gasteiger partial charge is 0.335 e. The van der Waals surface area contributed by atoms with Gasteiger partial charge in [0.05, 0.1) is 19.8 Å². The maximum atomic E-state index is 13.8. The van der Waals surface area contributed by atoms with E-state index in [4.69, 9.17) is 23.7 Å². The molecule has 3 aliphatic rings. The number of aliphatic hydroxyl groups is 1. The number of ether oxygens (including phenoxy) is 5. The van der Waals surface area contributed by atoms with Gasteiger partial charge in [0.25, 0.3) is 5.56 Å². The quantitative estimate of drug-likeness (QED) is 0.281. The zero-order valence-corrected chi connectivity index (χ0v) is 24.2. The van der Waals surface area contributed by atoms with Crippen molar-refractivity contribution in [3.63, 3.8) is 0 Å². The van der Waals surface area contributed by atoms with Crippen LogP contribution >= 0.6 is 0 Å². The molecule has 10 heteroatoms. The van der Waals surface area contributed by atoms with E-state index in [0.29, 0.717) is 5.56 Å². The maximum absolute atomic E-state index is 13.8. The van der Waals surface area contributed by atoms with E-state index in [1.807, 2.05) is 91.0 Å². The fraction of sp³-hybridized carbons (Fsp3) is 0.353. The van der Waals surface area contributed by atoms with Gasteiger partial charge < -0.3 is 28.8 Å². The fourth-order valence-electron chi connectivity index (χ4n) is 6.56. The van der Waals surface area contributed by atoms with Crippen molar-refractivity contribution in [2.75, 3.05) is 0 Å². The van der Waals surface area contributed by atoms with Crippen molar-refractivity contribution in [2.24, 2.45) is 0 Å². The molecule has 3 aromatic carbocycles. The van der Waals surface area contributed by atoms with Gasteiger partial charge in [0.15, 0.2) is 11.8 Å². The van der Waals surface area contributed by atoms with E-state index < -0.39 is 53.6 Å². The van der Waals surface area contributed by atoms with Crippen molar-refractivity contribution in [1.82, 2.24) is 9.13 Å². The summed E-state index contributed by atoms with van der Waals surface area (Å²) in [5.74, 6) is 0. The van der Waals surface area contributed by atoms with Crippen molar-refractivity contribution >= 4 is 0 Å². The highest BCUT2D eigenvalue weighted by molar-refractivity contribution is 5.27. The first-order chi connectivity index (χ1) is 21.5. The van der Waals surface area contributed by atoms with Crippen molar-refractivity contribution in [3.8, 4) is 0 Å². The Kier molecular flexibility index (Phi) is 7.79. The molecule has 1 aromatic heterocycles. The van der Waals surface area contributed by atoms with Crippen molar-refractivity contribution < 1.29 is 28.8 Å². The van der Waals surface area contributed by atoms with Crippen LogP contribution < -0.4 is 11.2 Å². The predicted molar refractivity (Wildman–Crippen MR) is 158 cm³/mol. The average molecular weight is 599 g/mol. The van der Waals surface area contributed by atoms with Crippen molar-refractivity contribution in [1.29, 1.82) is 0 Å². The minimum atomic E-state index is -1.30. The first kappa shape index (κ1) is 28.8. The summed E-state index contributed by atoms with van der Waals surface area (Å²) in [5, 5.41) is 11.6. The predicted octanol–water partition coefficient (Wildman–Crippen LogP) is 3.07. The van der Waals surface area contributed by atoms with Gasteiger partial charge in [-0.2, -0.15) is 0 Å². The van der Waals surface area contributed by atoms with Gasteiger partial charge in [0.2, 0.25) is 0 Å². The van der Waals surface area contributed by atoms with Gasteiger partial charge in [0, 0.05) is 11.8 Å². The minimum Gasteiger partial charge on any atom is -0.387 e. The molecule has 2 aliphatic heterocycles. The van der Waals surface area contributed by atoms with Gasteiger partial charge in [-0.1, -0.05) is 91.0 Å². The highest BCUT2D eigenvalue weighted by atomic mass is 16.7. The lowest BCUT2D eigenvalue weighted by Gasteiger charge is -2.35. The molecule has 4 aromatic rings. The highest BCUT2D eigenvalue weighted by Crippen LogP contribution is 2.58. The zero-order chi connectivity index (χ0) is 30.3. The molecule has 44 heavy (non-hydrogen) atoms. The van der Waals surface area contributed by atoms with Gasteiger partial charge in [-0.05, 0) is 23.6 Å². The number of nitrogens with zero attached hydrogens (tertiary/aromatic N) is 2. The molecule has 2 bridgehead atoms. The lowest BCUT2D eigenvalue weighted by atomic mass is 9.92. The van der Waals surface area contributed by atoms with Crippen LogP contribution in [-0.2, 0) is 50.2 Å². The van der Waals surface area contributed by atoms with Crippen LogP contribution in [0, 0.1) is 6.92 Å². The second-order valence-corrected chi connectivity index (χ2v) is 11.5. The van der Waals surface area contributed by atoms with Crippen LogP contribution in [0.4, 0.5) is 0 Å². The summed E-state index contributed by atoms with van der Waals surface area (Å²) in [6.45, 7) is 2.11. The molecule has 0 radical (unpaired) electrons. The first-order valence-corrected chi connectivity index (χ1v) is 14.7. The van der Waals surface area contributed by atoms with Gasteiger partial charge >= 0.3 is 5.69 Å². The SMILES string of the molecule is Cc1cn([C@@H]2O[C@@H]3[C@@H](OCc4ccccc4)[C@H]4O[C@H]2[C@@]3(OCc2ccccc2)[C@@H]4O)c(=O)n(COCc2ccccc2)c1=O. The first-order valence-electron chi connectivity index (χ1n) is 14.7. The summed E-state index contributed by atoms with van der Waals surface area (Å²) in [7, 11) is 0. The van der Waals surface area contributed by atoms with Gasteiger partial charge in [-0.3, -0.25) is 9.36 Å². The summed E-state index contributed by atoms with van der Waals surface area (Å²) >= 11 is 0. The Morgan fingerprint density at radius 3 is 2.02 bits per heavy atom. The van der Waals surface area contributed by atoms with Crippen LogP contribution in [0.3, 0.4) is 0 Å². The molecule has 1 aliphatic carbocycles. The average Bonchev–Trinajstić information content (AvgIpc) is 3.55. The summed E-state index contributed by atoms with van der Waals surface area (Å²) in [6, 6.07) is 28.8. The lowest BCUT2D eigenvalue weighted by Crippen LogP contribution is -2.55. The molecule has 0 spiro atoms. The number of aromatic nitrogens is 2. The van der Waals surface area contributed by atoms with E-state index in [0.717, 1.165) is 21.3 Å². The molecule has 10 nitrogen and oxygen atoms in total. The Morgan fingerprint density at radius 2 is 1.39 bits per heavy atom. The fourth-order valence-corrected chi connectivity index (χ4v) is 6.56. The zero-order valence-electron chi connectivity index (χ0n) is 24.2. The molecule has 2 saturated heterocycles. The third-order valence-electron chi connectivity index (χ3n) is 8.72. The van der Waals surface area contributed by atoms with Crippen molar-refractivity contribution in [2.45, 2.75) is 75.8 Å². The normalized spacial score (nSPS) is 28.5. The number of aliphatic hydroxyl groups excluding tert-OH is 1. The Hall–Kier alpha value is -3.90. The molecule has 7 atom stereocenters. The number of hydrogen-bond acceptors (Lipinski definition) is 8. The summed E-state index contributed by atoms with van der Waals surface area (Å²) in [6.07, 6.45) is -3.52. The third-order valence-corrected chi connectivity index (χ3v) is 8.72. The molecule has 3 heterocycles. The molecular weight excluding hydrogens is 564 g/mol. The van der Waals surface area contributed by atoms with E-state index in [1.54, 1.807) is 6.92 Å². The number of hydrogen-bond donors (Lipinski definition) is 1. The lowest BCUT2D eigenvalue weighted by molar-refractivity contribution is -0.182. The van der Waals surface area contributed by atoms with Gasteiger partial charge in [-0.25, -0.2) is 9.36 Å². The van der Waals surface area contributed by atoms with E-state index >= 15 is 0 Å². The molecule has 0 unspecified atom stereocenters. The molecule has 228 valence electrons. The summed E-state index contributed by atoms with van der Waals surface area (Å²) < 4.78 is 34.0. The number of fused-ring (bicyclic) bond motifs is 1. The van der Waals surface area contributed by atoms with Crippen LogP contribution in [0.25, 0.3) is 0 Å². The van der Waals surface area contributed by atoms with E-state index in [2.05, 4.69) is 0 Å². The molecular formula is C34H34N2O8. The minimum absolute atomic E-state index is 0.198. The van der Waals surface area contributed by atoms with E-state index in [1.165, 1.54) is 10.8 Å². The van der Waals surface area contributed by atoms with Crippen LogP contribution in [0.15, 0.2) is 107 Å². The molecule has 7 rings (SSSR count). The Balaban J connectivity index is 1.20. The van der Waals surface area contributed by atoms with Crippen molar-refractivity contribution in [3.05, 3.63) is 140 Å². The molecule has 0 amide bonds. The monoisotopic (exact) mass is 598 g/mol. The van der Waals surface area contributed by atoms with Crippen LogP contribution in [0.1, 0.15) is 28.5 Å². The molecule has 3 fully saturated rings. The number of benzene rings is 3. The van der Waals surface area contributed by atoms with Gasteiger partial charge in [-0.15, -0.1) is 0 Å². The summed E-state index contributed by atoms with van der Waals surface area (Å²) in [5.41, 5.74) is 0.768. The second-order valence-electron chi connectivity index (χ2n) is 11.5. The standard InChI is InChI=1S/C34H34N2O8/c1-22-17-35(33(39)36(31(22)38)21-40-18-23-11-5-2-6-12-23)32-30-34(42-20-25-15-9-4-10-16-25)28(37)26(43-30)27(29(34)44-32)41-19-24-13-7-3-8-14-24/h2-17,26-30,32,37H,18-21H2,1H3/t26-,27+,28-,29-,30-,32-,34-/m1/s1. The highest BCUT2D eigenvalue weighted by Gasteiger charge is 2.79.